The Morgan fingerprint density at radius 1 is 1.02 bits per heavy atom. The van der Waals surface area contributed by atoms with Gasteiger partial charge < -0.3 is 19.3 Å². The predicted octanol–water partition coefficient (Wildman–Crippen LogP) is 4.05. The van der Waals surface area contributed by atoms with Crippen LogP contribution >= 0.6 is 11.3 Å². The van der Waals surface area contributed by atoms with E-state index < -0.39 is 12.0 Å². The van der Waals surface area contributed by atoms with Crippen LogP contribution < -0.4 is 24.4 Å². The largest absolute Gasteiger partial charge is 0.504 e. The van der Waals surface area contributed by atoms with E-state index in [1.807, 2.05) is 61.5 Å². The number of phenolic OH excluding ortho intramolecular Hbond substituents is 1. The molecule has 0 fully saturated rings. The van der Waals surface area contributed by atoms with Gasteiger partial charge in [0, 0.05) is 11.1 Å². The summed E-state index contributed by atoms with van der Waals surface area (Å²) >= 11 is 1.18. The Balaban J connectivity index is 1.80. The van der Waals surface area contributed by atoms with Crippen molar-refractivity contribution in [2.75, 3.05) is 20.3 Å². The molecule has 1 N–H and O–H groups in total. The van der Waals surface area contributed by atoms with Crippen LogP contribution in [0.1, 0.15) is 36.6 Å². The van der Waals surface area contributed by atoms with Gasteiger partial charge in [-0.1, -0.05) is 65.9 Å². The molecule has 8 nitrogen and oxygen atoms in total. The zero-order chi connectivity index (χ0) is 28.2. The minimum absolute atomic E-state index is 0.0731. The van der Waals surface area contributed by atoms with E-state index in [0.29, 0.717) is 44.3 Å². The lowest BCUT2D eigenvalue weighted by Gasteiger charge is -2.26. The smallest absolute Gasteiger partial charge is 0.338 e. The molecular formula is C31H28N2O6S. The molecule has 204 valence electrons. The monoisotopic (exact) mass is 556 g/mol. The molecule has 9 heteroatoms. The van der Waals surface area contributed by atoms with Gasteiger partial charge in [0.15, 0.2) is 16.3 Å². The average molecular weight is 557 g/mol. The van der Waals surface area contributed by atoms with Crippen molar-refractivity contribution in [3.05, 3.63) is 115 Å². The summed E-state index contributed by atoms with van der Waals surface area (Å²) in [7, 11) is 1.46. The fraction of sp³-hybridized carbons (Fsp3) is 0.194. The quantitative estimate of drug-likeness (QED) is 0.329. The van der Waals surface area contributed by atoms with Gasteiger partial charge in [-0.15, -0.1) is 0 Å². The zero-order valence-electron chi connectivity index (χ0n) is 22.3. The maximum atomic E-state index is 14.0. The third-order valence-electron chi connectivity index (χ3n) is 6.42. The topological polar surface area (TPSA) is 99.4 Å². The van der Waals surface area contributed by atoms with E-state index in [9.17, 15) is 14.7 Å². The molecule has 0 aliphatic carbocycles. The van der Waals surface area contributed by atoms with Gasteiger partial charge in [-0.2, -0.15) is 0 Å². The van der Waals surface area contributed by atoms with Gasteiger partial charge in [0.05, 0.1) is 42.2 Å². The highest BCUT2D eigenvalue weighted by Gasteiger charge is 2.35. The van der Waals surface area contributed by atoms with Gasteiger partial charge >= 0.3 is 5.97 Å². The van der Waals surface area contributed by atoms with Gasteiger partial charge in [0.25, 0.3) is 5.56 Å². The lowest BCUT2D eigenvalue weighted by molar-refractivity contribution is -0.138. The third kappa shape index (κ3) is 5.03. The van der Waals surface area contributed by atoms with Gasteiger partial charge in [-0.3, -0.25) is 9.36 Å². The minimum Gasteiger partial charge on any atom is -0.504 e. The Labute approximate surface area is 234 Å². The lowest BCUT2D eigenvalue weighted by Crippen LogP contribution is -2.40. The van der Waals surface area contributed by atoms with E-state index in [0.717, 1.165) is 5.56 Å². The predicted molar refractivity (Wildman–Crippen MR) is 153 cm³/mol. The molecule has 1 aliphatic rings. The van der Waals surface area contributed by atoms with Crippen LogP contribution in [0.2, 0.25) is 0 Å². The summed E-state index contributed by atoms with van der Waals surface area (Å²) in [6.07, 6.45) is 1.60. The number of carbonyl (C=O) groups is 1. The average Bonchev–Trinajstić information content (AvgIpc) is 3.28. The van der Waals surface area contributed by atoms with Crippen molar-refractivity contribution in [3.8, 4) is 17.2 Å². The molecule has 2 heterocycles. The van der Waals surface area contributed by atoms with E-state index in [4.69, 9.17) is 19.2 Å². The molecule has 0 unspecified atom stereocenters. The number of thiazole rings is 1. The Morgan fingerprint density at radius 3 is 2.45 bits per heavy atom. The molecule has 3 aromatic carbocycles. The number of aromatic nitrogens is 1. The van der Waals surface area contributed by atoms with Gasteiger partial charge in [-0.05, 0) is 43.7 Å². The fourth-order valence-electron chi connectivity index (χ4n) is 4.63. The number of esters is 1. The SMILES string of the molecule is CCOC(=O)C1=C(c2ccccc2)N=c2s/c(=C\c3cccc(OC)c3O)c(=O)n2[C@@H]1c1ccc(OCC)cc1. The first-order valence-corrected chi connectivity index (χ1v) is 13.7. The van der Waals surface area contributed by atoms with Crippen molar-refractivity contribution in [2.24, 2.45) is 4.99 Å². The molecular weight excluding hydrogens is 528 g/mol. The summed E-state index contributed by atoms with van der Waals surface area (Å²) in [4.78, 5) is 32.8. The number of para-hydroxylation sites is 1. The molecule has 0 bridgehead atoms. The first kappa shape index (κ1) is 27.0. The third-order valence-corrected chi connectivity index (χ3v) is 7.40. The highest BCUT2D eigenvalue weighted by Crippen LogP contribution is 2.36. The van der Waals surface area contributed by atoms with Gasteiger partial charge in [0.1, 0.15) is 5.75 Å². The Bertz CT molecular complexity index is 1750. The second-order valence-electron chi connectivity index (χ2n) is 8.83. The van der Waals surface area contributed by atoms with Crippen LogP contribution in [0.15, 0.2) is 88.2 Å². The standard InChI is InChI=1S/C31H28N2O6S/c1-4-38-22-16-14-20(15-17-22)27-25(30(36)39-5-2)26(19-10-7-6-8-11-19)32-31-33(27)29(35)24(40-31)18-21-12-9-13-23(37-3)28(21)34/h6-18,27,34H,4-5H2,1-3H3/b24-18-/t27-/m1/s1. The highest BCUT2D eigenvalue weighted by atomic mass is 32.1. The first-order valence-electron chi connectivity index (χ1n) is 12.8. The molecule has 5 rings (SSSR count). The molecule has 0 spiro atoms. The number of methoxy groups -OCH3 is 1. The van der Waals surface area contributed by atoms with Crippen molar-refractivity contribution < 1.29 is 24.1 Å². The van der Waals surface area contributed by atoms with E-state index >= 15 is 0 Å². The normalized spacial score (nSPS) is 14.9. The van der Waals surface area contributed by atoms with Crippen LogP contribution in [0.3, 0.4) is 0 Å². The van der Waals surface area contributed by atoms with Crippen molar-refractivity contribution in [1.29, 1.82) is 0 Å². The summed E-state index contributed by atoms with van der Waals surface area (Å²) in [5.41, 5.74) is 2.21. The summed E-state index contributed by atoms with van der Waals surface area (Å²) < 4.78 is 18.2. The molecule has 0 saturated carbocycles. The van der Waals surface area contributed by atoms with Crippen LogP contribution in [0.5, 0.6) is 17.2 Å². The number of nitrogens with zero attached hydrogens (tertiary/aromatic N) is 2. The second kappa shape index (κ2) is 11.6. The number of benzene rings is 3. The van der Waals surface area contributed by atoms with E-state index in [1.54, 1.807) is 31.2 Å². The van der Waals surface area contributed by atoms with Crippen LogP contribution in [0, 0.1) is 0 Å². The summed E-state index contributed by atoms with van der Waals surface area (Å²) in [5, 5.41) is 10.6. The Hall–Kier alpha value is -4.63. The Morgan fingerprint density at radius 2 is 1.77 bits per heavy atom. The maximum Gasteiger partial charge on any atom is 0.338 e. The van der Waals surface area contributed by atoms with E-state index in [2.05, 4.69) is 0 Å². The summed E-state index contributed by atoms with van der Waals surface area (Å²) in [6.45, 7) is 4.32. The molecule has 1 atom stereocenters. The van der Waals surface area contributed by atoms with E-state index in [-0.39, 0.29) is 23.5 Å². The number of phenols is 1. The number of carbonyl (C=O) groups excluding carboxylic acids is 1. The summed E-state index contributed by atoms with van der Waals surface area (Å²) in [5.74, 6) is 0.349. The second-order valence-corrected chi connectivity index (χ2v) is 9.84. The van der Waals surface area contributed by atoms with Crippen molar-refractivity contribution in [1.82, 2.24) is 4.57 Å². The van der Waals surface area contributed by atoms with Gasteiger partial charge in [0.2, 0.25) is 0 Å². The van der Waals surface area contributed by atoms with Crippen molar-refractivity contribution in [3.63, 3.8) is 0 Å². The van der Waals surface area contributed by atoms with Crippen molar-refractivity contribution >= 4 is 29.1 Å². The molecule has 0 radical (unpaired) electrons. The van der Waals surface area contributed by atoms with Gasteiger partial charge in [-0.25, -0.2) is 9.79 Å². The molecule has 1 aromatic heterocycles. The molecule has 40 heavy (non-hydrogen) atoms. The zero-order valence-corrected chi connectivity index (χ0v) is 23.1. The van der Waals surface area contributed by atoms with Crippen LogP contribution in [0.25, 0.3) is 11.8 Å². The molecule has 0 amide bonds. The molecule has 0 saturated heterocycles. The number of rotatable bonds is 8. The van der Waals surface area contributed by atoms with Crippen molar-refractivity contribution in [2.45, 2.75) is 19.9 Å². The summed E-state index contributed by atoms with van der Waals surface area (Å²) in [6, 6.07) is 20.9. The number of ether oxygens (including phenoxy) is 3. The minimum atomic E-state index is -0.803. The Kier molecular flexibility index (Phi) is 7.84. The number of hydrogen-bond acceptors (Lipinski definition) is 8. The maximum absolute atomic E-state index is 14.0. The van der Waals surface area contributed by atoms with Crippen LogP contribution in [0.4, 0.5) is 0 Å². The number of aromatic hydroxyl groups is 1. The fourth-order valence-corrected chi connectivity index (χ4v) is 5.62. The highest BCUT2D eigenvalue weighted by molar-refractivity contribution is 7.07. The molecule has 1 aliphatic heterocycles. The number of hydrogen-bond donors (Lipinski definition) is 1. The lowest BCUT2D eigenvalue weighted by atomic mass is 9.93. The molecule has 4 aromatic rings. The van der Waals surface area contributed by atoms with Crippen LogP contribution in [-0.2, 0) is 9.53 Å². The van der Waals surface area contributed by atoms with Crippen LogP contribution in [-0.4, -0.2) is 36.0 Å². The first-order chi connectivity index (χ1) is 19.5. The number of fused-ring (bicyclic) bond motifs is 1. The van der Waals surface area contributed by atoms with E-state index in [1.165, 1.54) is 23.0 Å².